The lowest BCUT2D eigenvalue weighted by atomic mass is 10.3. The molecule has 4 nitrogen and oxygen atoms in total. The summed E-state index contributed by atoms with van der Waals surface area (Å²) in [6.45, 7) is 3.01. The average molecular weight is 205 g/mol. The molecule has 0 bridgehead atoms. The summed E-state index contributed by atoms with van der Waals surface area (Å²) in [5, 5.41) is 2.25. The Balaban J connectivity index is 4.45. The number of hydrogen-bond donors (Lipinski definition) is 1. The van der Waals surface area contributed by atoms with Crippen LogP contribution >= 0.6 is 0 Å². The van der Waals surface area contributed by atoms with Crippen molar-refractivity contribution in [2.75, 3.05) is 26.2 Å². The highest BCUT2D eigenvalue weighted by Gasteiger charge is 2.04. The normalized spacial score (nSPS) is 17.5. The SMILES string of the molecule is [2H]C([2H])([2H])C(=O)C([2H])([2H])C(=O)NCCN(CC)CC. The third-order valence-electron chi connectivity index (χ3n) is 1.84. The van der Waals surface area contributed by atoms with Crippen molar-refractivity contribution in [3.63, 3.8) is 0 Å². The van der Waals surface area contributed by atoms with E-state index in [9.17, 15) is 9.59 Å². The average Bonchev–Trinajstić information content (AvgIpc) is 2.32. The first-order valence-corrected chi connectivity index (χ1v) is 4.62. The highest BCUT2D eigenvalue weighted by Crippen LogP contribution is 1.85. The maximum absolute atomic E-state index is 11.5. The number of nitrogens with one attached hydrogen (secondary N) is 1. The molecule has 1 N–H and O–H groups in total. The fourth-order valence-corrected chi connectivity index (χ4v) is 1.01. The molecule has 0 aliphatic rings. The van der Waals surface area contributed by atoms with Crippen LogP contribution in [0.25, 0.3) is 0 Å². The van der Waals surface area contributed by atoms with E-state index in [1.807, 2.05) is 18.7 Å². The first-order valence-electron chi connectivity index (χ1n) is 7.12. The van der Waals surface area contributed by atoms with E-state index in [0.717, 1.165) is 13.1 Å². The second-order valence-electron chi connectivity index (χ2n) is 2.74. The van der Waals surface area contributed by atoms with E-state index in [-0.39, 0.29) is 6.54 Å². The van der Waals surface area contributed by atoms with E-state index < -0.39 is 24.9 Å². The smallest absolute Gasteiger partial charge is 0.227 e. The van der Waals surface area contributed by atoms with Crippen molar-refractivity contribution in [2.45, 2.75) is 27.1 Å². The minimum Gasteiger partial charge on any atom is -0.354 e. The van der Waals surface area contributed by atoms with Crippen LogP contribution in [0.1, 0.15) is 33.9 Å². The topological polar surface area (TPSA) is 49.4 Å². The monoisotopic (exact) mass is 205 g/mol. The van der Waals surface area contributed by atoms with Crippen LogP contribution < -0.4 is 5.32 Å². The first kappa shape index (κ1) is 6.56. The first-order chi connectivity index (χ1) is 8.57. The molecule has 82 valence electrons. The van der Waals surface area contributed by atoms with Crippen molar-refractivity contribution < 1.29 is 16.4 Å². The number of hydrogen-bond acceptors (Lipinski definition) is 3. The van der Waals surface area contributed by atoms with Gasteiger partial charge in [0.2, 0.25) is 5.91 Å². The van der Waals surface area contributed by atoms with E-state index in [4.69, 9.17) is 6.85 Å². The van der Waals surface area contributed by atoms with Gasteiger partial charge in [-0.3, -0.25) is 9.59 Å². The fourth-order valence-electron chi connectivity index (χ4n) is 1.01. The zero-order valence-electron chi connectivity index (χ0n) is 13.6. The lowest BCUT2D eigenvalue weighted by molar-refractivity contribution is -0.127. The van der Waals surface area contributed by atoms with Gasteiger partial charge in [-0.25, -0.2) is 0 Å². The molecular formula is C10H20N2O2. The number of carbonyl (C=O) groups is 2. The van der Waals surface area contributed by atoms with E-state index in [2.05, 4.69) is 5.32 Å². The summed E-state index contributed by atoms with van der Waals surface area (Å²) >= 11 is 0. The largest absolute Gasteiger partial charge is 0.354 e. The van der Waals surface area contributed by atoms with Crippen LogP contribution in [0, 0.1) is 0 Å². The molecule has 0 atom stereocenters. The van der Waals surface area contributed by atoms with Gasteiger partial charge in [-0.1, -0.05) is 13.8 Å². The summed E-state index contributed by atoms with van der Waals surface area (Å²) in [5.74, 6) is -2.90. The molecule has 0 aromatic carbocycles. The van der Waals surface area contributed by atoms with Gasteiger partial charge in [0.15, 0.2) is 0 Å². The predicted octanol–water partition coefficient (Wildman–Crippen LogP) is 0.423. The van der Waals surface area contributed by atoms with Gasteiger partial charge in [0, 0.05) is 19.9 Å². The van der Waals surface area contributed by atoms with Gasteiger partial charge in [-0.15, -0.1) is 0 Å². The lowest BCUT2D eigenvalue weighted by Crippen LogP contribution is -2.35. The second kappa shape index (κ2) is 7.50. The third kappa shape index (κ3) is 6.60. The van der Waals surface area contributed by atoms with Gasteiger partial charge in [-0.05, 0) is 19.9 Å². The molecule has 0 aromatic heterocycles. The van der Waals surface area contributed by atoms with Crippen LogP contribution in [0.2, 0.25) is 0 Å². The van der Waals surface area contributed by atoms with Crippen molar-refractivity contribution in [1.82, 2.24) is 10.2 Å². The molecule has 0 radical (unpaired) electrons. The summed E-state index contributed by atoms with van der Waals surface area (Å²) in [6, 6.07) is 0. The van der Waals surface area contributed by atoms with Gasteiger partial charge >= 0.3 is 0 Å². The zero-order chi connectivity index (χ0) is 15.3. The number of amides is 1. The van der Waals surface area contributed by atoms with Gasteiger partial charge in [0.1, 0.15) is 5.78 Å². The van der Waals surface area contributed by atoms with E-state index in [1.165, 1.54) is 0 Å². The molecule has 0 aromatic rings. The number of Topliss-reactive ketones (excluding diaryl/α,β-unsaturated/α-hetero) is 1. The van der Waals surface area contributed by atoms with Crippen molar-refractivity contribution in [3.05, 3.63) is 0 Å². The summed E-state index contributed by atoms with van der Waals surface area (Å²) in [4.78, 5) is 24.9. The van der Waals surface area contributed by atoms with Gasteiger partial charge in [-0.2, -0.15) is 0 Å². The maximum atomic E-state index is 11.5. The van der Waals surface area contributed by atoms with Crippen LogP contribution in [0.3, 0.4) is 0 Å². The highest BCUT2D eigenvalue weighted by molar-refractivity contribution is 5.96. The minimum absolute atomic E-state index is 0.161. The van der Waals surface area contributed by atoms with Crippen molar-refractivity contribution >= 4 is 11.7 Å². The standard InChI is InChI=1S/C10H20N2O2/c1-4-12(5-2)7-6-11-10(14)8-9(3)13/h4-8H2,1-3H3,(H,11,14)/i3D3,8D2. The van der Waals surface area contributed by atoms with Crippen LogP contribution in [0.5, 0.6) is 0 Å². The molecule has 1 amide bonds. The molecule has 0 heterocycles. The molecule has 0 fully saturated rings. The molecule has 14 heavy (non-hydrogen) atoms. The Morgan fingerprint density at radius 3 is 2.57 bits per heavy atom. The fraction of sp³-hybridized carbons (Fsp3) is 0.800. The van der Waals surface area contributed by atoms with Crippen LogP contribution in [0.15, 0.2) is 0 Å². The Morgan fingerprint density at radius 1 is 1.43 bits per heavy atom. The number of likely N-dealkylation sites (N-methyl/N-ethyl adjacent to an activating group) is 1. The minimum atomic E-state index is -3.13. The molecule has 0 spiro atoms. The molecule has 0 aliphatic heterocycles. The molecule has 0 saturated heterocycles. The highest BCUT2D eigenvalue weighted by atomic mass is 16.2. The number of rotatable bonds is 7. The van der Waals surface area contributed by atoms with Crippen LogP contribution in [-0.2, 0) is 9.59 Å². The molecule has 0 saturated carbocycles. The Kier molecular flexibility index (Phi) is 3.51. The lowest BCUT2D eigenvalue weighted by Gasteiger charge is -2.17. The van der Waals surface area contributed by atoms with Crippen molar-refractivity contribution in [3.8, 4) is 0 Å². The predicted molar refractivity (Wildman–Crippen MR) is 56.1 cm³/mol. The Hall–Kier alpha value is -0.900. The summed E-state index contributed by atoms with van der Waals surface area (Å²) < 4.78 is 35.1. The van der Waals surface area contributed by atoms with Crippen molar-refractivity contribution in [1.29, 1.82) is 0 Å². The summed E-state index contributed by atoms with van der Waals surface area (Å²) in [7, 11) is 0. The van der Waals surface area contributed by atoms with E-state index >= 15 is 0 Å². The Labute approximate surface area is 92.7 Å². The quantitative estimate of drug-likeness (QED) is 0.613. The summed E-state index contributed by atoms with van der Waals surface area (Å²) in [5.41, 5.74) is 0. The number of ketones is 1. The second-order valence-corrected chi connectivity index (χ2v) is 2.74. The van der Waals surface area contributed by atoms with Gasteiger partial charge in [0.25, 0.3) is 0 Å². The van der Waals surface area contributed by atoms with Crippen molar-refractivity contribution in [2.24, 2.45) is 0 Å². The Bertz CT molecular complexity index is 326. The maximum Gasteiger partial charge on any atom is 0.227 e. The van der Waals surface area contributed by atoms with E-state index in [0.29, 0.717) is 6.54 Å². The number of carbonyl (C=O) groups excluding carboxylic acids is 2. The molecular weight excluding hydrogens is 180 g/mol. The molecule has 0 aliphatic carbocycles. The molecule has 0 unspecified atom stereocenters. The van der Waals surface area contributed by atoms with Gasteiger partial charge in [0.05, 0.1) is 6.37 Å². The summed E-state index contributed by atoms with van der Waals surface area (Å²) in [6.07, 6.45) is -3.03. The number of nitrogens with zero attached hydrogens (tertiary/aromatic N) is 1. The zero-order valence-corrected chi connectivity index (χ0v) is 8.59. The van der Waals surface area contributed by atoms with Gasteiger partial charge < -0.3 is 10.2 Å². The Morgan fingerprint density at radius 2 is 2.07 bits per heavy atom. The van der Waals surface area contributed by atoms with E-state index in [1.54, 1.807) is 0 Å². The molecule has 0 rings (SSSR count). The van der Waals surface area contributed by atoms with Crippen LogP contribution in [0.4, 0.5) is 0 Å². The third-order valence-corrected chi connectivity index (χ3v) is 1.84. The van der Waals surface area contributed by atoms with Crippen LogP contribution in [-0.4, -0.2) is 42.8 Å². The molecule has 4 heteroatoms.